The minimum atomic E-state index is -0.354. The highest BCUT2D eigenvalue weighted by Crippen LogP contribution is 2.28. The number of hydrogen-bond donors (Lipinski definition) is 0. The molecule has 1 heterocycles. The summed E-state index contributed by atoms with van der Waals surface area (Å²) in [6.45, 7) is 1.65. The molecule has 1 fully saturated rings. The van der Waals surface area contributed by atoms with Gasteiger partial charge < -0.3 is 4.90 Å². The maximum Gasteiger partial charge on any atom is 0.185 e. The molecule has 0 aliphatic carbocycles. The second kappa shape index (κ2) is 7.50. The number of allylic oxidation sites excluding steroid dienone is 1. The van der Waals surface area contributed by atoms with Crippen molar-refractivity contribution in [3.8, 4) is 6.07 Å². The van der Waals surface area contributed by atoms with Gasteiger partial charge in [0.15, 0.2) is 5.78 Å². The van der Waals surface area contributed by atoms with E-state index in [1.165, 1.54) is 24.3 Å². The monoisotopic (exact) mass is 354 g/mol. The third-order valence-corrected chi connectivity index (χ3v) is 4.62. The Morgan fingerprint density at radius 3 is 2.72 bits per heavy atom. The van der Waals surface area contributed by atoms with Crippen LogP contribution in [0.5, 0.6) is 0 Å². The molecule has 0 radical (unpaired) electrons. The molecular weight excluding hydrogens is 339 g/mol. The second-order valence-corrected chi connectivity index (χ2v) is 6.41. The zero-order valence-corrected chi connectivity index (χ0v) is 14.2. The Labute approximate surface area is 150 Å². The van der Waals surface area contributed by atoms with Crippen molar-refractivity contribution in [3.63, 3.8) is 0 Å². The van der Waals surface area contributed by atoms with Crippen molar-refractivity contribution in [1.29, 1.82) is 5.26 Å². The molecule has 2 aromatic rings. The van der Waals surface area contributed by atoms with E-state index in [1.807, 2.05) is 12.1 Å². The molecule has 3 rings (SSSR count). The highest BCUT2D eigenvalue weighted by atomic mass is 35.5. The van der Waals surface area contributed by atoms with E-state index in [0.717, 1.165) is 25.2 Å². The summed E-state index contributed by atoms with van der Waals surface area (Å²) in [6.07, 6.45) is 4.41. The second-order valence-electron chi connectivity index (χ2n) is 6.00. The van der Waals surface area contributed by atoms with Crippen LogP contribution in [0.25, 0.3) is 0 Å². The fourth-order valence-electron chi connectivity index (χ4n) is 2.90. The van der Waals surface area contributed by atoms with Gasteiger partial charge in [0.25, 0.3) is 0 Å². The van der Waals surface area contributed by atoms with E-state index in [9.17, 15) is 9.18 Å². The van der Waals surface area contributed by atoms with Crippen molar-refractivity contribution < 1.29 is 9.18 Å². The highest BCUT2D eigenvalue weighted by molar-refractivity contribution is 6.32. The van der Waals surface area contributed by atoms with E-state index >= 15 is 0 Å². The van der Waals surface area contributed by atoms with E-state index in [0.29, 0.717) is 16.1 Å². The van der Waals surface area contributed by atoms with Crippen LogP contribution < -0.4 is 4.90 Å². The first-order valence-corrected chi connectivity index (χ1v) is 8.37. The smallest absolute Gasteiger partial charge is 0.185 e. The Hall–Kier alpha value is -2.64. The summed E-state index contributed by atoms with van der Waals surface area (Å²) in [6, 6.07) is 13.0. The van der Waals surface area contributed by atoms with Gasteiger partial charge in [-0.1, -0.05) is 17.7 Å². The first kappa shape index (κ1) is 17.2. The van der Waals surface area contributed by atoms with E-state index < -0.39 is 0 Å². The predicted octanol–water partition coefficient (Wildman–Crippen LogP) is 4.62. The molecule has 5 heteroatoms. The first-order chi connectivity index (χ1) is 12.1. The third-order valence-electron chi connectivity index (χ3n) is 4.31. The van der Waals surface area contributed by atoms with Crippen LogP contribution >= 0.6 is 11.6 Å². The van der Waals surface area contributed by atoms with Crippen LogP contribution in [0.3, 0.4) is 0 Å². The topological polar surface area (TPSA) is 44.1 Å². The number of carbonyl (C=O) groups excluding carboxylic acids is 1. The number of halogens is 2. The van der Waals surface area contributed by atoms with Gasteiger partial charge in [-0.15, -0.1) is 0 Å². The van der Waals surface area contributed by atoms with Crippen LogP contribution in [0, 0.1) is 23.1 Å². The van der Waals surface area contributed by atoms with Gasteiger partial charge in [0, 0.05) is 24.3 Å². The molecular formula is C20H16ClFN2O. The van der Waals surface area contributed by atoms with Crippen molar-refractivity contribution in [2.24, 2.45) is 5.92 Å². The van der Waals surface area contributed by atoms with E-state index in [2.05, 4.69) is 11.0 Å². The van der Waals surface area contributed by atoms with Crippen molar-refractivity contribution >= 4 is 23.1 Å². The lowest BCUT2D eigenvalue weighted by atomic mass is 10.1. The van der Waals surface area contributed by atoms with Crippen LogP contribution in [0.1, 0.15) is 22.3 Å². The number of benzene rings is 2. The fourth-order valence-corrected chi connectivity index (χ4v) is 3.12. The Bertz CT molecular complexity index is 855. The molecule has 1 aliphatic rings. The maximum atomic E-state index is 12.9. The molecule has 1 saturated heterocycles. The molecule has 126 valence electrons. The van der Waals surface area contributed by atoms with Crippen molar-refractivity contribution in [2.45, 2.75) is 6.42 Å². The van der Waals surface area contributed by atoms with Crippen molar-refractivity contribution in [3.05, 3.63) is 76.6 Å². The van der Waals surface area contributed by atoms with Crippen molar-refractivity contribution in [2.75, 3.05) is 18.0 Å². The minimum absolute atomic E-state index is 0.125. The lowest BCUT2D eigenvalue weighted by Gasteiger charge is -2.18. The lowest BCUT2D eigenvalue weighted by Crippen LogP contribution is -2.19. The summed E-state index contributed by atoms with van der Waals surface area (Å²) in [7, 11) is 0. The van der Waals surface area contributed by atoms with Gasteiger partial charge in [-0.3, -0.25) is 4.79 Å². The van der Waals surface area contributed by atoms with Gasteiger partial charge in [0.2, 0.25) is 0 Å². The van der Waals surface area contributed by atoms with E-state index in [1.54, 1.807) is 18.2 Å². The van der Waals surface area contributed by atoms with Gasteiger partial charge in [-0.2, -0.15) is 5.26 Å². The molecule has 2 aromatic carbocycles. The first-order valence-electron chi connectivity index (χ1n) is 7.99. The quantitative estimate of drug-likeness (QED) is 0.594. The number of rotatable bonds is 4. The average Bonchev–Trinajstić information content (AvgIpc) is 3.09. The normalized spacial score (nSPS) is 17.0. The number of carbonyl (C=O) groups is 1. The average molecular weight is 355 g/mol. The van der Waals surface area contributed by atoms with Gasteiger partial charge in [0.1, 0.15) is 11.9 Å². The van der Waals surface area contributed by atoms with Crippen molar-refractivity contribution in [1.82, 2.24) is 0 Å². The number of hydrogen-bond acceptors (Lipinski definition) is 3. The van der Waals surface area contributed by atoms with Crippen LogP contribution in [0.4, 0.5) is 10.1 Å². The summed E-state index contributed by atoms with van der Waals surface area (Å²) >= 11 is 6.09. The molecule has 0 amide bonds. The Balaban J connectivity index is 1.63. The van der Waals surface area contributed by atoms with Gasteiger partial charge in [0.05, 0.1) is 10.6 Å². The number of anilines is 1. The Morgan fingerprint density at radius 2 is 2.04 bits per heavy atom. The molecule has 0 aromatic heterocycles. The fraction of sp³-hybridized carbons (Fsp3) is 0.200. The summed E-state index contributed by atoms with van der Waals surface area (Å²) in [4.78, 5) is 14.3. The Morgan fingerprint density at radius 1 is 1.28 bits per heavy atom. The SMILES string of the molecule is N#Cc1ccc(N2CC[C@@H](/C=C/C(=O)c3ccc(F)cc3)C2)cc1Cl. The maximum absolute atomic E-state index is 12.9. The highest BCUT2D eigenvalue weighted by Gasteiger charge is 2.21. The molecule has 0 spiro atoms. The molecule has 3 nitrogen and oxygen atoms in total. The zero-order chi connectivity index (χ0) is 17.8. The number of nitrogens with zero attached hydrogens (tertiary/aromatic N) is 2. The summed E-state index contributed by atoms with van der Waals surface area (Å²) in [5.41, 5.74) is 1.92. The number of nitriles is 1. The largest absolute Gasteiger partial charge is 0.371 e. The third kappa shape index (κ3) is 4.07. The number of ketones is 1. The molecule has 1 atom stereocenters. The summed E-state index contributed by atoms with van der Waals surface area (Å²) < 4.78 is 12.9. The predicted molar refractivity (Wildman–Crippen MR) is 96.4 cm³/mol. The molecule has 0 saturated carbocycles. The van der Waals surface area contributed by atoms with Crippen LogP contribution in [-0.4, -0.2) is 18.9 Å². The zero-order valence-electron chi connectivity index (χ0n) is 13.5. The van der Waals surface area contributed by atoms with Crippen LogP contribution in [0.15, 0.2) is 54.6 Å². The minimum Gasteiger partial charge on any atom is -0.371 e. The van der Waals surface area contributed by atoms with Gasteiger partial charge >= 0.3 is 0 Å². The molecule has 0 bridgehead atoms. The van der Waals surface area contributed by atoms with Gasteiger partial charge in [-0.05, 0) is 60.9 Å². The summed E-state index contributed by atoms with van der Waals surface area (Å²) in [5, 5.41) is 9.39. The molecule has 25 heavy (non-hydrogen) atoms. The van der Waals surface area contributed by atoms with E-state index in [4.69, 9.17) is 16.9 Å². The van der Waals surface area contributed by atoms with Gasteiger partial charge in [-0.25, -0.2) is 4.39 Å². The molecule has 0 unspecified atom stereocenters. The van der Waals surface area contributed by atoms with Crippen LogP contribution in [-0.2, 0) is 0 Å². The molecule has 0 N–H and O–H groups in total. The Kier molecular flexibility index (Phi) is 5.16. The summed E-state index contributed by atoms with van der Waals surface area (Å²) in [5.74, 6) is -0.216. The lowest BCUT2D eigenvalue weighted by molar-refractivity contribution is 0.104. The van der Waals surface area contributed by atoms with E-state index in [-0.39, 0.29) is 17.5 Å². The molecule has 1 aliphatic heterocycles. The standard InChI is InChI=1S/C20H16ClFN2O/c21-19-11-18(7-4-16(19)12-23)24-10-9-14(13-24)1-8-20(25)15-2-5-17(22)6-3-15/h1-8,11,14H,9-10,13H2/b8-1+/t14-/m1/s1. The van der Waals surface area contributed by atoms with Crippen LogP contribution in [0.2, 0.25) is 5.02 Å².